The van der Waals surface area contributed by atoms with Crippen molar-refractivity contribution in [2.45, 2.75) is 18.9 Å². The third kappa shape index (κ3) is 5.62. The van der Waals surface area contributed by atoms with Crippen molar-refractivity contribution < 1.29 is 23.4 Å². The predicted octanol–water partition coefficient (Wildman–Crippen LogP) is 5.85. The molecular formula is C28H21FN2O4. The number of carbonyl (C=O) groups excluding carboxylic acids is 1. The first-order chi connectivity index (χ1) is 17.1. The lowest BCUT2D eigenvalue weighted by atomic mass is 10.0. The Balaban J connectivity index is 1.28. The molecule has 6 nitrogen and oxygen atoms in total. The second-order valence-corrected chi connectivity index (χ2v) is 8.29. The normalized spacial score (nSPS) is 14.3. The maximum atomic E-state index is 13.0. The van der Waals surface area contributed by atoms with E-state index in [1.165, 1.54) is 12.1 Å². The lowest BCUT2D eigenvalue weighted by Gasteiger charge is -2.12. The van der Waals surface area contributed by atoms with Gasteiger partial charge in [-0.25, -0.2) is 9.24 Å². The Morgan fingerprint density at radius 2 is 1.71 bits per heavy atom. The highest BCUT2D eigenvalue weighted by Gasteiger charge is 2.24. The number of carbonyl (C=O) groups is 1. The van der Waals surface area contributed by atoms with Crippen molar-refractivity contribution in [3.63, 3.8) is 0 Å². The molecule has 3 aromatic carbocycles. The molecule has 1 aliphatic rings. The van der Waals surface area contributed by atoms with Crippen LogP contribution in [0.5, 0.6) is 17.2 Å². The molecule has 5 rings (SSSR count). The number of pyridine rings is 1. The van der Waals surface area contributed by atoms with E-state index in [1.54, 1.807) is 48.7 Å². The summed E-state index contributed by atoms with van der Waals surface area (Å²) in [5, 5.41) is 0.701. The molecular weight excluding hydrogens is 447 g/mol. The largest absolute Gasteiger partial charge is 0.502 e. The lowest BCUT2D eigenvalue weighted by molar-refractivity contribution is -0.117. The van der Waals surface area contributed by atoms with E-state index in [4.69, 9.17) is 20.8 Å². The van der Waals surface area contributed by atoms with Gasteiger partial charge in [0.2, 0.25) is 5.69 Å². The van der Waals surface area contributed by atoms with Gasteiger partial charge >= 0.3 is 0 Å². The fraction of sp³-hybridized carbons (Fsp3) is 0.179. The van der Waals surface area contributed by atoms with Gasteiger partial charge in [-0.15, -0.1) is 0 Å². The Labute approximate surface area is 201 Å². The van der Waals surface area contributed by atoms with E-state index in [0.29, 0.717) is 47.1 Å². The Bertz CT molecular complexity index is 1410. The van der Waals surface area contributed by atoms with Gasteiger partial charge in [0.05, 0.1) is 18.7 Å². The SMILES string of the molecule is [C-]#[N+]c1cc2c(Oc3ccc(CC(=O)Cc4ccc(F)cc4)cc3)ccnc2cc1OC[C@H]1CO1. The molecule has 35 heavy (non-hydrogen) atoms. The Morgan fingerprint density at radius 3 is 2.37 bits per heavy atom. The van der Waals surface area contributed by atoms with Crippen molar-refractivity contribution in [3.8, 4) is 17.2 Å². The summed E-state index contributed by atoms with van der Waals surface area (Å²) in [5.74, 6) is 1.37. The zero-order valence-electron chi connectivity index (χ0n) is 18.7. The first-order valence-corrected chi connectivity index (χ1v) is 11.1. The molecule has 2 heterocycles. The van der Waals surface area contributed by atoms with E-state index >= 15 is 0 Å². The smallest absolute Gasteiger partial charge is 0.229 e. The third-order valence-electron chi connectivity index (χ3n) is 5.60. The fourth-order valence-corrected chi connectivity index (χ4v) is 3.70. The van der Waals surface area contributed by atoms with Gasteiger partial charge in [-0.3, -0.25) is 9.78 Å². The quantitative estimate of drug-likeness (QED) is 0.228. The molecule has 7 heteroatoms. The highest BCUT2D eigenvalue weighted by Crippen LogP contribution is 2.37. The minimum atomic E-state index is -0.318. The molecule has 4 aromatic rings. The summed E-state index contributed by atoms with van der Waals surface area (Å²) in [6.07, 6.45) is 2.27. The molecule has 0 aliphatic carbocycles. The molecule has 0 unspecified atom stereocenters. The Kier molecular flexibility index (Phi) is 6.38. The number of benzene rings is 3. The molecule has 0 saturated carbocycles. The van der Waals surface area contributed by atoms with Crippen LogP contribution in [0.4, 0.5) is 10.1 Å². The summed E-state index contributed by atoms with van der Waals surface area (Å²) in [5.41, 5.74) is 2.69. The van der Waals surface area contributed by atoms with E-state index in [9.17, 15) is 9.18 Å². The van der Waals surface area contributed by atoms with Crippen LogP contribution in [0.2, 0.25) is 0 Å². The predicted molar refractivity (Wildman–Crippen MR) is 129 cm³/mol. The number of fused-ring (bicyclic) bond motifs is 1. The van der Waals surface area contributed by atoms with Gasteiger partial charge in [0.15, 0.2) is 0 Å². The molecule has 1 fully saturated rings. The topological polar surface area (TPSA) is 65.3 Å². The van der Waals surface area contributed by atoms with Gasteiger partial charge in [-0.1, -0.05) is 24.3 Å². The number of epoxide rings is 1. The Morgan fingerprint density at radius 1 is 1.03 bits per heavy atom. The summed E-state index contributed by atoms with van der Waals surface area (Å²) in [7, 11) is 0. The maximum Gasteiger partial charge on any atom is 0.229 e. The number of ether oxygens (including phenoxy) is 3. The zero-order chi connectivity index (χ0) is 24.2. The van der Waals surface area contributed by atoms with E-state index in [-0.39, 0.29) is 30.5 Å². The highest BCUT2D eigenvalue weighted by atomic mass is 19.1. The van der Waals surface area contributed by atoms with Gasteiger partial charge in [0, 0.05) is 24.4 Å². The van der Waals surface area contributed by atoms with E-state index in [1.807, 2.05) is 12.1 Å². The summed E-state index contributed by atoms with van der Waals surface area (Å²) >= 11 is 0. The molecule has 0 radical (unpaired) electrons. The van der Waals surface area contributed by atoms with Crippen LogP contribution in [0.1, 0.15) is 11.1 Å². The first kappa shape index (κ1) is 22.5. The minimum absolute atomic E-state index is 0.0448. The first-order valence-electron chi connectivity index (χ1n) is 11.1. The zero-order valence-corrected chi connectivity index (χ0v) is 18.7. The van der Waals surface area contributed by atoms with Gasteiger partial charge in [-0.2, -0.15) is 0 Å². The van der Waals surface area contributed by atoms with Crippen LogP contribution in [0.15, 0.2) is 72.9 Å². The Hall–Kier alpha value is -4.28. The molecule has 174 valence electrons. The van der Waals surface area contributed by atoms with Crippen molar-refractivity contribution in [1.82, 2.24) is 4.98 Å². The van der Waals surface area contributed by atoms with Crippen LogP contribution in [0.3, 0.4) is 0 Å². The lowest BCUT2D eigenvalue weighted by Crippen LogP contribution is -2.06. The molecule has 1 aromatic heterocycles. The number of nitrogens with zero attached hydrogens (tertiary/aromatic N) is 2. The monoisotopic (exact) mass is 468 g/mol. The minimum Gasteiger partial charge on any atom is -0.502 e. The molecule has 1 aliphatic heterocycles. The van der Waals surface area contributed by atoms with Crippen molar-refractivity contribution in [2.75, 3.05) is 13.2 Å². The van der Waals surface area contributed by atoms with Crippen molar-refractivity contribution in [2.24, 2.45) is 0 Å². The summed E-state index contributed by atoms with van der Waals surface area (Å²) in [4.78, 5) is 20.4. The van der Waals surface area contributed by atoms with Crippen LogP contribution in [-0.2, 0) is 22.4 Å². The summed E-state index contributed by atoms with van der Waals surface area (Å²) < 4.78 is 30.0. The van der Waals surface area contributed by atoms with Gasteiger partial charge in [-0.05, 0) is 53.6 Å². The van der Waals surface area contributed by atoms with Crippen LogP contribution in [-0.4, -0.2) is 30.1 Å². The molecule has 1 atom stereocenters. The molecule has 0 N–H and O–H groups in total. The molecule has 0 bridgehead atoms. The second-order valence-electron chi connectivity index (χ2n) is 8.29. The number of ketones is 1. The number of Topliss-reactive ketones (excluding diaryl/α,β-unsaturated/α-hetero) is 1. The highest BCUT2D eigenvalue weighted by molar-refractivity contribution is 5.91. The number of halogens is 1. The van der Waals surface area contributed by atoms with Crippen LogP contribution >= 0.6 is 0 Å². The van der Waals surface area contributed by atoms with Gasteiger partial charge in [0.25, 0.3) is 0 Å². The molecule has 0 spiro atoms. The average molecular weight is 468 g/mol. The average Bonchev–Trinajstić information content (AvgIpc) is 3.69. The third-order valence-corrected chi connectivity index (χ3v) is 5.60. The molecule has 1 saturated heterocycles. The fourth-order valence-electron chi connectivity index (χ4n) is 3.70. The summed E-state index contributed by atoms with van der Waals surface area (Å²) in [6, 6.07) is 18.5. The number of hydrogen-bond acceptors (Lipinski definition) is 5. The van der Waals surface area contributed by atoms with E-state index < -0.39 is 0 Å². The standard InChI is InChI=1S/C28H21FN2O4/c1-30-26-14-24-25(15-28(26)34-17-23-16-33-23)31-11-10-27(24)35-22-8-4-19(5-9-22)13-21(32)12-18-2-6-20(29)7-3-18/h2-11,14-15,23H,12-13,16-17H2/t23-/m1/s1. The van der Waals surface area contributed by atoms with Crippen LogP contribution in [0.25, 0.3) is 15.7 Å². The van der Waals surface area contributed by atoms with Crippen molar-refractivity contribution in [3.05, 3.63) is 101 Å². The second kappa shape index (κ2) is 9.92. The summed E-state index contributed by atoms with van der Waals surface area (Å²) in [6.45, 7) is 8.61. The van der Waals surface area contributed by atoms with E-state index in [2.05, 4.69) is 9.83 Å². The van der Waals surface area contributed by atoms with Crippen LogP contribution in [0, 0.1) is 12.4 Å². The number of hydrogen-bond donors (Lipinski definition) is 0. The van der Waals surface area contributed by atoms with Crippen molar-refractivity contribution >= 4 is 22.4 Å². The van der Waals surface area contributed by atoms with Crippen LogP contribution < -0.4 is 9.47 Å². The molecule has 0 amide bonds. The maximum absolute atomic E-state index is 13.0. The van der Waals surface area contributed by atoms with Gasteiger partial charge in [0.1, 0.15) is 41.6 Å². The number of aromatic nitrogens is 1. The number of rotatable bonds is 9. The van der Waals surface area contributed by atoms with E-state index in [0.717, 1.165) is 11.1 Å². The van der Waals surface area contributed by atoms with Gasteiger partial charge < -0.3 is 14.2 Å². The van der Waals surface area contributed by atoms with Crippen molar-refractivity contribution in [1.29, 1.82) is 0 Å².